The average molecular weight is 910 g/mol. The van der Waals surface area contributed by atoms with Gasteiger partial charge in [0.05, 0.1) is 5.52 Å². The Hall–Kier alpha value is -4.74. The Labute approximate surface area is 476 Å². The summed E-state index contributed by atoms with van der Waals surface area (Å²) >= 11 is 1.23. The predicted octanol–water partition coefficient (Wildman–Crippen LogP) is -19.3. The molecule has 7 aromatic carbocycles. The topological polar surface area (TPSA) is 43.1 Å². The van der Waals surface area contributed by atoms with Gasteiger partial charge in [-0.1, -0.05) is 81.9 Å². The van der Waals surface area contributed by atoms with E-state index in [9.17, 15) is 0 Å². The molecule has 31 heteroatoms. The third-order valence-electron chi connectivity index (χ3n) is 14.5. The first-order chi connectivity index (χ1) is 35.6. The van der Waals surface area contributed by atoms with Crippen molar-refractivity contribution in [1.82, 2.24) is 19.4 Å². The molecular weight excluding hydrogens is 910 g/mol. The normalized spacial score (nSPS) is 12.0. The number of nitrogens with zero attached hydrogens (tertiary/aromatic N) is 4. The first kappa shape index (κ1) is 53.3. The predicted molar refractivity (Wildman–Crippen MR) is 349 cm³/mol. The second-order valence-electron chi connectivity index (χ2n) is 18.3. The van der Waals surface area contributed by atoms with E-state index in [-0.39, 0.29) is 204 Å². The highest BCUT2D eigenvalue weighted by Crippen LogP contribution is 2.44. The molecule has 4 nitrogen and oxygen atoms in total. The van der Waals surface area contributed by atoms with Gasteiger partial charge in [-0.25, -0.2) is 15.0 Å². The van der Waals surface area contributed by atoms with Crippen molar-refractivity contribution >= 4 is 416 Å². The van der Waals surface area contributed by atoms with Crippen LogP contribution in [0, 0.1) is 0 Å². The van der Waals surface area contributed by atoms with Crippen LogP contribution in [0.15, 0.2) is 0 Å². The van der Waals surface area contributed by atoms with Crippen LogP contribution in [0.5, 0.6) is 0 Å². The molecule has 4 aromatic heterocycles. The first-order valence-corrected chi connectivity index (χ1v) is 23.0. The van der Waals surface area contributed by atoms with Gasteiger partial charge < -0.3 is 4.40 Å². The van der Waals surface area contributed by atoms with Crippen LogP contribution in [-0.4, -0.2) is 223 Å². The van der Waals surface area contributed by atoms with Gasteiger partial charge in [-0.2, -0.15) is 0 Å². The van der Waals surface area contributed by atoms with E-state index >= 15 is 0 Å². The molecule has 0 bridgehead atoms. The van der Waals surface area contributed by atoms with Crippen molar-refractivity contribution < 1.29 is 0 Å². The molecule has 0 aliphatic heterocycles. The van der Waals surface area contributed by atoms with Gasteiger partial charge in [0.1, 0.15) is 204 Å². The summed E-state index contributed by atoms with van der Waals surface area (Å²) in [5.41, 5.74) is -1.65. The summed E-state index contributed by atoms with van der Waals surface area (Å²) in [5.74, 6) is -0.881. The lowest BCUT2D eigenvalue weighted by Gasteiger charge is -2.27. The zero-order valence-corrected chi connectivity index (χ0v) is 40.5. The maximum Gasteiger partial charge on any atom is 0.162 e. The quantitative estimate of drug-likeness (QED) is 0.165. The maximum absolute atomic E-state index is 7.45. The van der Waals surface area contributed by atoms with Crippen molar-refractivity contribution in [2.45, 2.75) is 0 Å². The number of aromatic nitrogens is 4. The van der Waals surface area contributed by atoms with Gasteiger partial charge in [-0.3, -0.25) is 0 Å². The van der Waals surface area contributed by atoms with Gasteiger partial charge in [-0.15, -0.1) is 71.4 Å². The lowest BCUT2D eigenvalue weighted by Crippen LogP contribution is -2.55. The highest BCUT2D eigenvalue weighted by molar-refractivity contribution is 7.28. The largest absolute Gasteiger partial charge is 0.309 e. The van der Waals surface area contributed by atoms with Crippen LogP contribution in [0.4, 0.5) is 0 Å². The van der Waals surface area contributed by atoms with Crippen molar-refractivity contribution in [3.8, 4) is 45.3 Å². The lowest BCUT2D eigenvalue weighted by atomic mass is 9.59. The molecule has 0 saturated heterocycles. The van der Waals surface area contributed by atoms with Crippen LogP contribution in [-0.2, 0) is 0 Å². The highest BCUT2D eigenvalue weighted by atomic mass is 32.1. The van der Waals surface area contributed by atoms with Gasteiger partial charge in [0.25, 0.3) is 0 Å². The second kappa shape index (κ2) is 17.9. The Kier molecular flexibility index (Phi) is 12.5. The Bertz CT molecular complexity index is 4460. The Morgan fingerprint density at radius 2 is 0.474 bits per heavy atom. The van der Waals surface area contributed by atoms with Crippen molar-refractivity contribution in [2.24, 2.45) is 0 Å². The van der Waals surface area contributed by atoms with E-state index in [0.717, 1.165) is 0 Å². The minimum absolute atomic E-state index is 0.0118. The zero-order chi connectivity index (χ0) is 55.4. The molecule has 0 aliphatic rings. The van der Waals surface area contributed by atoms with Gasteiger partial charge in [0, 0.05) is 58.7 Å². The van der Waals surface area contributed by atoms with Crippen molar-refractivity contribution in [3.05, 3.63) is 0 Å². The van der Waals surface area contributed by atoms with Gasteiger partial charge in [0.2, 0.25) is 0 Å². The van der Waals surface area contributed by atoms with Crippen LogP contribution in [0.2, 0.25) is 0 Å². The van der Waals surface area contributed by atoms with Gasteiger partial charge >= 0.3 is 0 Å². The molecule has 0 atom stereocenters. The smallest absolute Gasteiger partial charge is 0.162 e. The first-order valence-electron chi connectivity index (χ1n) is 22.2. The molecule has 11 rings (SSSR count). The third-order valence-corrected chi connectivity index (χ3v) is 15.8. The number of rotatable bonds is 4. The molecule has 52 radical (unpaired) electrons. The molecule has 0 spiro atoms. The Balaban J connectivity index is 1.31. The van der Waals surface area contributed by atoms with E-state index < -0.39 is 0 Å². The van der Waals surface area contributed by atoms with E-state index in [1.807, 2.05) is 0 Å². The Morgan fingerprint density at radius 3 is 0.934 bits per heavy atom. The monoisotopic (exact) mass is 914 g/mol. The number of thiophene rings is 1. The molecule has 4 heterocycles. The fourth-order valence-electron chi connectivity index (χ4n) is 10.5. The summed E-state index contributed by atoms with van der Waals surface area (Å²) in [5, 5.41) is 2.22. The summed E-state index contributed by atoms with van der Waals surface area (Å²) in [6.07, 6.45) is 0. The number of benzene rings is 7. The Morgan fingerprint density at radius 1 is 0.197 bits per heavy atom. The second-order valence-corrected chi connectivity index (χ2v) is 19.3. The highest BCUT2D eigenvalue weighted by Gasteiger charge is 2.32. The summed E-state index contributed by atoms with van der Waals surface area (Å²) < 4.78 is 2.74. The lowest BCUT2D eigenvalue weighted by molar-refractivity contribution is 1.08. The van der Waals surface area contributed by atoms with Crippen LogP contribution < -0.4 is 142 Å². The molecule has 0 amide bonds. The summed E-state index contributed by atoms with van der Waals surface area (Å²) in [6.45, 7) is 0. The van der Waals surface area contributed by atoms with E-state index in [1.165, 1.54) is 11.3 Å². The third kappa shape index (κ3) is 6.71. The number of hydrogen-bond acceptors (Lipinski definition) is 4. The van der Waals surface area contributed by atoms with Crippen LogP contribution in [0.3, 0.4) is 0 Å². The summed E-state index contributed by atoms with van der Waals surface area (Å²) in [6, 6.07) is 0. The molecule has 0 fully saturated rings. The number of hydrogen-bond donors (Lipinski definition) is 0. The van der Waals surface area contributed by atoms with Crippen LogP contribution in [0.1, 0.15) is 0 Å². The summed E-state index contributed by atoms with van der Waals surface area (Å²) in [7, 11) is 174. The van der Waals surface area contributed by atoms with Gasteiger partial charge in [0.15, 0.2) is 17.5 Å². The molecule has 11 aromatic rings. The molecule has 0 unspecified atom stereocenters. The van der Waals surface area contributed by atoms with E-state index in [2.05, 4.69) is 4.98 Å². The molecule has 0 saturated carbocycles. The van der Waals surface area contributed by atoms with E-state index in [1.54, 1.807) is 4.40 Å². The SMILES string of the molecule is [B]c1c([B])c([B])c(-c2nc(-c3c([B])c([B])c([B])c([B])c3[B])nc(-c3c([B])c([B])c([B])c(-c4c([B])c([B])c5c(c4[B])c4c([B])c6c(sc7c([B])c([B])c([B])c([B])c76)c6c7c([B])c([B])c([B])c([B])c7n5c46)c3[B])n2)c([B])c1[B]. The number of fused-ring (bicyclic) bond motifs is 10. The molecular formula is C45B26N4S. The molecule has 284 valence electrons. The van der Waals surface area contributed by atoms with E-state index in [0.29, 0.717) is 41.8 Å². The molecule has 0 N–H and O–H groups in total. The standard InChI is InChI=1S/C45B26N4S/c46-12-1(2-13(47)9(19(53)24(58)15(2)49)43-72-44(10-20(54)27(61)31(65)28(62)21(10)55)74-45(73-43)11-22(56)29(63)32(66)30(64)23(11)57)16(50)35(69)39-4(12)3-14(48)6-7-18(52)26(60)34(68)37(71)42(7)76-41(6)8-5-17(51)25(59)33(67)36(70)40(5)75(39)38(3)8. The van der Waals surface area contributed by atoms with Crippen molar-refractivity contribution in [2.75, 3.05) is 0 Å². The van der Waals surface area contributed by atoms with E-state index in [4.69, 9.17) is 214 Å². The molecule has 0 aliphatic carbocycles. The van der Waals surface area contributed by atoms with Crippen molar-refractivity contribution in [3.63, 3.8) is 0 Å². The average Bonchev–Trinajstić information content (AvgIpc) is 4.07. The van der Waals surface area contributed by atoms with Crippen LogP contribution >= 0.6 is 11.3 Å². The van der Waals surface area contributed by atoms with Gasteiger partial charge in [-0.05, 0) is 21.9 Å². The zero-order valence-electron chi connectivity index (χ0n) is 39.7. The summed E-state index contributed by atoms with van der Waals surface area (Å²) in [4.78, 5) is 14.1. The maximum atomic E-state index is 7.45. The minimum atomic E-state index is -0.320. The van der Waals surface area contributed by atoms with Crippen molar-refractivity contribution in [1.29, 1.82) is 0 Å². The fourth-order valence-corrected chi connectivity index (χ4v) is 11.8. The van der Waals surface area contributed by atoms with Crippen LogP contribution in [0.25, 0.3) is 104 Å². The fraction of sp³-hybridized carbons (Fsp3) is 0. The minimum Gasteiger partial charge on any atom is -0.309 e. The molecule has 76 heavy (non-hydrogen) atoms.